The van der Waals surface area contributed by atoms with E-state index in [4.69, 9.17) is 9.47 Å². The van der Waals surface area contributed by atoms with Crippen molar-refractivity contribution in [2.24, 2.45) is 17.8 Å². The molecule has 2 rings (SSSR count). The number of allylic oxidation sites excluding steroid dienone is 2. The number of ether oxygens (including phenoxy) is 2. The first-order valence-electron chi connectivity index (χ1n) is 9.95. The van der Waals surface area contributed by atoms with E-state index in [1.54, 1.807) is 0 Å². The average molecular weight is 379 g/mol. The molecule has 0 aromatic heterocycles. The van der Waals surface area contributed by atoms with Gasteiger partial charge in [0.2, 0.25) is 0 Å². The van der Waals surface area contributed by atoms with Crippen molar-refractivity contribution in [3.05, 3.63) is 23.3 Å². The molecule has 1 N–H and O–H groups in total. The SMILES string of the molecule is CC(=O)OC[C@@H]1/C(C=O)=C\C[C@@H]2O[C@@]2(C)C[C@@H](O)[C@H]1[C@H](C)CCC=C(C)C. The van der Waals surface area contributed by atoms with E-state index in [1.807, 2.05) is 13.0 Å². The molecule has 5 heteroatoms. The highest BCUT2D eigenvalue weighted by molar-refractivity contribution is 5.74. The minimum atomic E-state index is -0.622. The van der Waals surface area contributed by atoms with Crippen LogP contribution in [0.5, 0.6) is 0 Å². The normalized spacial score (nSPS) is 36.0. The Morgan fingerprint density at radius 2 is 2.15 bits per heavy atom. The van der Waals surface area contributed by atoms with Crippen LogP contribution >= 0.6 is 0 Å². The van der Waals surface area contributed by atoms with Gasteiger partial charge in [-0.15, -0.1) is 0 Å². The van der Waals surface area contributed by atoms with Gasteiger partial charge in [-0.1, -0.05) is 24.6 Å². The van der Waals surface area contributed by atoms with E-state index in [1.165, 1.54) is 12.5 Å². The summed E-state index contributed by atoms with van der Waals surface area (Å²) in [4.78, 5) is 23.2. The van der Waals surface area contributed by atoms with Crippen LogP contribution in [0.3, 0.4) is 0 Å². The van der Waals surface area contributed by atoms with Crippen LogP contribution in [0.15, 0.2) is 23.3 Å². The summed E-state index contributed by atoms with van der Waals surface area (Å²) in [6, 6.07) is 0. The topological polar surface area (TPSA) is 76.1 Å². The monoisotopic (exact) mass is 378 g/mol. The lowest BCUT2D eigenvalue weighted by atomic mass is 9.72. The molecular formula is C22H34O5. The van der Waals surface area contributed by atoms with Crippen LogP contribution in [0.4, 0.5) is 0 Å². The summed E-state index contributed by atoms with van der Waals surface area (Å²) in [5, 5.41) is 11.1. The summed E-state index contributed by atoms with van der Waals surface area (Å²) in [5.41, 5.74) is 1.54. The predicted octanol–water partition coefficient (Wildman–Crippen LogP) is 3.60. The van der Waals surface area contributed by atoms with E-state index in [2.05, 4.69) is 26.8 Å². The second kappa shape index (κ2) is 9.16. The molecule has 0 aromatic rings. The molecule has 0 unspecified atom stereocenters. The summed E-state index contributed by atoms with van der Waals surface area (Å²) in [6.07, 6.45) is 7.36. The van der Waals surface area contributed by atoms with Crippen molar-refractivity contribution in [2.75, 3.05) is 6.61 Å². The number of hydrogen-bond donors (Lipinski definition) is 1. The number of aliphatic hydroxyl groups is 1. The van der Waals surface area contributed by atoms with Gasteiger partial charge in [0.25, 0.3) is 0 Å². The lowest BCUT2D eigenvalue weighted by Crippen LogP contribution is -2.39. The standard InChI is InChI=1S/C22H34O5/c1-14(2)7-6-8-15(3)21-18(13-26-16(4)24)17(12-23)9-10-20-22(5,27-20)11-19(21)25/h7,9,12,15,18-21,25H,6,8,10-11,13H2,1-5H3/b17-9-/t15-,18-,19-,20+,21+,22+/m1/s1. The van der Waals surface area contributed by atoms with Crippen molar-refractivity contribution in [1.82, 2.24) is 0 Å². The van der Waals surface area contributed by atoms with E-state index in [9.17, 15) is 14.7 Å². The van der Waals surface area contributed by atoms with Gasteiger partial charge in [0.15, 0.2) is 0 Å². The molecule has 1 fully saturated rings. The van der Waals surface area contributed by atoms with Crippen molar-refractivity contribution in [3.8, 4) is 0 Å². The number of epoxide rings is 1. The number of hydrogen-bond acceptors (Lipinski definition) is 5. The maximum absolute atomic E-state index is 11.8. The molecule has 0 bridgehead atoms. The fourth-order valence-electron chi connectivity index (χ4n) is 4.36. The zero-order chi connectivity index (χ0) is 20.2. The Kier molecular flexibility index (Phi) is 7.40. The van der Waals surface area contributed by atoms with Gasteiger partial charge in [-0.25, -0.2) is 0 Å². The number of carbonyl (C=O) groups excluding carboxylic acids is 2. The van der Waals surface area contributed by atoms with Crippen molar-refractivity contribution >= 4 is 12.3 Å². The van der Waals surface area contributed by atoms with Crippen molar-refractivity contribution in [2.45, 2.75) is 78.1 Å². The molecule has 1 heterocycles. The Labute approximate surface area is 162 Å². The molecule has 5 nitrogen and oxygen atoms in total. The third kappa shape index (κ3) is 5.76. The van der Waals surface area contributed by atoms with Gasteiger partial charge in [0, 0.05) is 19.3 Å². The van der Waals surface area contributed by atoms with E-state index in [0.717, 1.165) is 19.1 Å². The van der Waals surface area contributed by atoms with Crippen LogP contribution in [0.1, 0.15) is 60.3 Å². The molecule has 6 atom stereocenters. The first kappa shape index (κ1) is 21.8. The van der Waals surface area contributed by atoms with Crippen LogP contribution < -0.4 is 0 Å². The van der Waals surface area contributed by atoms with Crippen molar-refractivity contribution < 1.29 is 24.2 Å². The fraction of sp³-hybridized carbons (Fsp3) is 0.727. The van der Waals surface area contributed by atoms with Gasteiger partial charge in [-0.2, -0.15) is 0 Å². The first-order chi connectivity index (χ1) is 12.7. The molecule has 2 aliphatic rings. The summed E-state index contributed by atoms with van der Waals surface area (Å²) in [7, 11) is 0. The molecule has 152 valence electrons. The summed E-state index contributed by atoms with van der Waals surface area (Å²) < 4.78 is 11.1. The predicted molar refractivity (Wildman–Crippen MR) is 104 cm³/mol. The van der Waals surface area contributed by atoms with Gasteiger partial charge in [0.1, 0.15) is 6.29 Å². The molecule has 0 radical (unpaired) electrons. The second-order valence-corrected chi connectivity index (χ2v) is 8.57. The molecule has 0 spiro atoms. The molecule has 1 aliphatic carbocycles. The summed E-state index contributed by atoms with van der Waals surface area (Å²) >= 11 is 0. The molecular weight excluding hydrogens is 344 g/mol. The lowest BCUT2D eigenvalue weighted by molar-refractivity contribution is -0.143. The summed E-state index contributed by atoms with van der Waals surface area (Å²) in [5.74, 6) is -0.683. The zero-order valence-electron chi connectivity index (χ0n) is 17.2. The Hall–Kier alpha value is -1.46. The minimum absolute atomic E-state index is 0.0382. The fourth-order valence-corrected chi connectivity index (χ4v) is 4.36. The lowest BCUT2D eigenvalue weighted by Gasteiger charge is -2.36. The number of rotatable bonds is 7. The summed E-state index contributed by atoms with van der Waals surface area (Å²) in [6.45, 7) is 9.77. The van der Waals surface area contributed by atoms with E-state index >= 15 is 0 Å². The highest BCUT2D eigenvalue weighted by Crippen LogP contribution is 2.47. The first-order valence-corrected chi connectivity index (χ1v) is 9.95. The van der Waals surface area contributed by atoms with Crippen LogP contribution in [-0.2, 0) is 19.1 Å². The number of aliphatic hydroxyl groups excluding tert-OH is 1. The Morgan fingerprint density at radius 3 is 2.74 bits per heavy atom. The molecule has 1 aliphatic heterocycles. The Bertz CT molecular complexity index is 604. The molecule has 1 saturated heterocycles. The molecule has 27 heavy (non-hydrogen) atoms. The quantitative estimate of drug-likeness (QED) is 0.317. The zero-order valence-corrected chi connectivity index (χ0v) is 17.2. The van der Waals surface area contributed by atoms with Crippen LogP contribution in [0, 0.1) is 17.8 Å². The molecule has 0 aromatic carbocycles. The molecule has 0 saturated carbocycles. The van der Waals surface area contributed by atoms with Crippen molar-refractivity contribution in [1.29, 1.82) is 0 Å². The molecule has 0 amide bonds. The number of esters is 1. The highest BCUT2D eigenvalue weighted by Gasteiger charge is 2.54. The van der Waals surface area contributed by atoms with Crippen LogP contribution in [0.25, 0.3) is 0 Å². The van der Waals surface area contributed by atoms with E-state index < -0.39 is 6.10 Å². The third-order valence-corrected chi connectivity index (χ3v) is 5.99. The largest absolute Gasteiger partial charge is 0.465 e. The van der Waals surface area contributed by atoms with Gasteiger partial charge in [-0.3, -0.25) is 9.59 Å². The third-order valence-electron chi connectivity index (χ3n) is 5.99. The van der Waals surface area contributed by atoms with Gasteiger partial charge in [0.05, 0.1) is 24.4 Å². The Balaban J connectivity index is 2.30. The van der Waals surface area contributed by atoms with Gasteiger partial charge >= 0.3 is 5.97 Å². The van der Waals surface area contributed by atoms with Crippen LogP contribution in [-0.4, -0.2) is 41.8 Å². The van der Waals surface area contributed by atoms with Gasteiger partial charge < -0.3 is 14.6 Å². The maximum Gasteiger partial charge on any atom is 0.302 e. The second-order valence-electron chi connectivity index (χ2n) is 8.57. The number of carbonyl (C=O) groups is 2. The average Bonchev–Trinajstić information content (AvgIpc) is 3.20. The van der Waals surface area contributed by atoms with Crippen molar-refractivity contribution in [3.63, 3.8) is 0 Å². The number of aldehydes is 1. The number of fused-ring (bicyclic) bond motifs is 1. The van der Waals surface area contributed by atoms with Crippen LogP contribution in [0.2, 0.25) is 0 Å². The maximum atomic E-state index is 11.8. The van der Waals surface area contributed by atoms with E-state index in [-0.39, 0.29) is 42.0 Å². The Morgan fingerprint density at radius 1 is 1.44 bits per heavy atom. The van der Waals surface area contributed by atoms with Gasteiger partial charge in [-0.05, 0) is 57.4 Å². The highest BCUT2D eigenvalue weighted by atomic mass is 16.6. The minimum Gasteiger partial charge on any atom is -0.465 e. The van der Waals surface area contributed by atoms with E-state index in [0.29, 0.717) is 18.4 Å². The smallest absolute Gasteiger partial charge is 0.302 e.